The summed E-state index contributed by atoms with van der Waals surface area (Å²) >= 11 is 0. The Morgan fingerprint density at radius 2 is 1.54 bits per heavy atom. The third kappa shape index (κ3) is 16.5. The van der Waals surface area contributed by atoms with Gasteiger partial charge in [0.05, 0.1) is 12.0 Å². The van der Waals surface area contributed by atoms with Crippen molar-refractivity contribution in [3.8, 4) is 0 Å². The third-order valence-corrected chi connectivity index (χ3v) is 10.8. The molecule has 1 aromatic rings. The zero-order valence-electron chi connectivity index (χ0n) is 37.8. The molecule has 4 atom stereocenters. The number of likely N-dealkylation sites (tertiary alicyclic amines) is 1. The highest BCUT2D eigenvalue weighted by atomic mass is 16.6. The maximum Gasteiger partial charge on any atom is 0.408 e. The molecule has 59 heavy (non-hydrogen) atoms. The first kappa shape index (κ1) is 49.4. The number of nitrogens with one attached hydrogen (secondary N) is 3. The van der Waals surface area contributed by atoms with Crippen molar-refractivity contribution in [2.75, 3.05) is 6.54 Å². The second-order valence-electron chi connectivity index (χ2n) is 19.5. The van der Waals surface area contributed by atoms with Crippen molar-refractivity contribution < 1.29 is 38.7 Å². The summed E-state index contributed by atoms with van der Waals surface area (Å²) in [6.07, 6.45) is 8.58. The molecule has 0 spiro atoms. The highest BCUT2D eigenvalue weighted by Gasteiger charge is 2.46. The van der Waals surface area contributed by atoms with E-state index in [0.29, 0.717) is 70.8 Å². The standard InChI is InChI=1S/C46H75N5O8/c1-31(2)27-35(48-43(56)59-44(5,6)7)25-24-34(28-33-19-14-12-15-20-33)42(55)50-26-18-22-38(50)41(54)49-37(40(53)47-32(3)4)21-16-13-17-23-39(52)58-36-29-45(8,9)51(57)46(10,11)30-36/h12,14-15,19-20,24-25,31-32,34-38,57H,13,16-18,21-23,26-30H2,1-11H3,(H,47,53)(H,48,56)(H,49,54)/b25-24+/t34-,35-,37+,38+/m1/s1. The molecule has 0 radical (unpaired) electrons. The highest BCUT2D eigenvalue weighted by molar-refractivity contribution is 5.93. The Balaban J connectivity index is 1.68. The van der Waals surface area contributed by atoms with Gasteiger partial charge < -0.3 is 35.5 Å². The van der Waals surface area contributed by atoms with Gasteiger partial charge in [-0.1, -0.05) is 69.2 Å². The summed E-state index contributed by atoms with van der Waals surface area (Å²) in [6.45, 7) is 21.4. The monoisotopic (exact) mass is 826 g/mol. The zero-order valence-corrected chi connectivity index (χ0v) is 37.8. The summed E-state index contributed by atoms with van der Waals surface area (Å²) in [5.41, 5.74) is -0.737. The van der Waals surface area contributed by atoms with Gasteiger partial charge >= 0.3 is 12.1 Å². The lowest BCUT2D eigenvalue weighted by Crippen LogP contribution is -2.60. The number of hydrogen-bond donors (Lipinski definition) is 4. The topological polar surface area (TPSA) is 167 Å². The van der Waals surface area contributed by atoms with Crippen molar-refractivity contribution in [1.82, 2.24) is 25.9 Å². The number of amides is 4. The third-order valence-electron chi connectivity index (χ3n) is 10.8. The average Bonchev–Trinajstić information content (AvgIpc) is 3.60. The molecule has 2 heterocycles. The van der Waals surface area contributed by atoms with Crippen LogP contribution in [0.1, 0.15) is 146 Å². The molecule has 0 bridgehead atoms. The van der Waals surface area contributed by atoms with Gasteiger partial charge in [0.2, 0.25) is 17.7 Å². The predicted octanol–water partition coefficient (Wildman–Crippen LogP) is 7.25. The fraction of sp³-hybridized carbons (Fsp3) is 0.717. The summed E-state index contributed by atoms with van der Waals surface area (Å²) in [5, 5.41) is 20.8. The van der Waals surface area contributed by atoms with Gasteiger partial charge in [-0.3, -0.25) is 19.2 Å². The molecular formula is C46H75N5O8. The van der Waals surface area contributed by atoms with E-state index in [1.165, 1.54) is 5.06 Å². The minimum atomic E-state index is -0.807. The van der Waals surface area contributed by atoms with E-state index in [-0.39, 0.29) is 54.2 Å². The van der Waals surface area contributed by atoms with Crippen LogP contribution in [-0.4, -0.2) is 98.4 Å². The normalized spacial score (nSPS) is 20.0. The number of carbonyl (C=O) groups excluding carboxylic acids is 5. The van der Waals surface area contributed by atoms with Gasteiger partial charge in [-0.2, -0.15) is 5.06 Å². The number of carbonyl (C=O) groups is 5. The predicted molar refractivity (Wildman–Crippen MR) is 229 cm³/mol. The molecule has 13 heteroatoms. The first-order chi connectivity index (χ1) is 27.5. The molecule has 4 N–H and O–H groups in total. The number of piperidine rings is 1. The average molecular weight is 826 g/mol. The van der Waals surface area contributed by atoms with E-state index in [1.807, 2.05) is 105 Å². The van der Waals surface area contributed by atoms with Crippen LogP contribution in [0.2, 0.25) is 0 Å². The fourth-order valence-electron chi connectivity index (χ4n) is 8.27. The summed E-state index contributed by atoms with van der Waals surface area (Å²) < 4.78 is 11.3. The Kier molecular flexibility index (Phi) is 18.5. The molecule has 2 aliphatic heterocycles. The number of esters is 1. The molecule has 2 saturated heterocycles. The summed E-state index contributed by atoms with van der Waals surface area (Å²) in [4.78, 5) is 69.0. The summed E-state index contributed by atoms with van der Waals surface area (Å²) in [7, 11) is 0. The Hall–Kier alpha value is -3.97. The lowest BCUT2D eigenvalue weighted by Gasteiger charge is -2.50. The Morgan fingerprint density at radius 1 is 0.898 bits per heavy atom. The Bertz CT molecular complexity index is 1550. The van der Waals surface area contributed by atoms with Gasteiger partial charge in [0.15, 0.2) is 0 Å². The van der Waals surface area contributed by atoms with Crippen LogP contribution in [0, 0.1) is 11.8 Å². The van der Waals surface area contributed by atoms with Gasteiger partial charge in [-0.15, -0.1) is 0 Å². The van der Waals surface area contributed by atoms with Crippen molar-refractivity contribution in [2.24, 2.45) is 11.8 Å². The number of unbranched alkanes of at least 4 members (excludes halogenated alkanes) is 2. The Labute approximate surface area is 353 Å². The van der Waals surface area contributed by atoms with Crippen molar-refractivity contribution in [1.29, 1.82) is 0 Å². The van der Waals surface area contributed by atoms with Crippen LogP contribution in [0.3, 0.4) is 0 Å². The van der Waals surface area contributed by atoms with E-state index in [2.05, 4.69) is 29.8 Å². The van der Waals surface area contributed by atoms with Gasteiger partial charge in [0, 0.05) is 42.9 Å². The number of nitrogens with zero attached hydrogens (tertiary/aromatic N) is 2. The molecule has 4 amide bonds. The van der Waals surface area contributed by atoms with Crippen molar-refractivity contribution in [3.05, 3.63) is 48.0 Å². The molecule has 3 rings (SSSR count). The molecule has 2 aliphatic rings. The summed E-state index contributed by atoms with van der Waals surface area (Å²) in [6, 6.07) is 7.66. The second-order valence-corrected chi connectivity index (χ2v) is 19.5. The minimum absolute atomic E-state index is 0.135. The molecule has 13 nitrogen and oxygen atoms in total. The van der Waals surface area contributed by atoms with Crippen molar-refractivity contribution in [2.45, 2.75) is 194 Å². The molecule has 0 aromatic heterocycles. The molecule has 0 aliphatic carbocycles. The number of benzene rings is 1. The zero-order chi connectivity index (χ0) is 44.1. The lowest BCUT2D eigenvalue weighted by molar-refractivity contribution is -0.259. The van der Waals surface area contributed by atoms with Crippen LogP contribution >= 0.6 is 0 Å². The van der Waals surface area contributed by atoms with E-state index in [1.54, 1.807) is 4.90 Å². The van der Waals surface area contributed by atoms with Crippen LogP contribution < -0.4 is 16.0 Å². The van der Waals surface area contributed by atoms with Crippen LogP contribution in [0.5, 0.6) is 0 Å². The van der Waals surface area contributed by atoms with Crippen molar-refractivity contribution >= 4 is 29.8 Å². The van der Waals surface area contributed by atoms with Gasteiger partial charge in [0.1, 0.15) is 23.8 Å². The number of alkyl carbamates (subject to hydrolysis) is 1. The molecule has 0 saturated carbocycles. The number of rotatable bonds is 19. The van der Waals surface area contributed by atoms with Gasteiger partial charge in [0.25, 0.3) is 0 Å². The van der Waals surface area contributed by atoms with E-state index < -0.39 is 40.8 Å². The molecule has 332 valence electrons. The van der Waals surface area contributed by atoms with Gasteiger partial charge in [-0.25, -0.2) is 4.79 Å². The second kappa shape index (κ2) is 22.0. The van der Waals surface area contributed by atoms with Crippen LogP contribution in [-0.2, 0) is 35.1 Å². The molecule has 0 unspecified atom stereocenters. The molecule has 1 aromatic carbocycles. The molecule has 2 fully saturated rings. The number of ether oxygens (including phenoxy) is 2. The first-order valence-corrected chi connectivity index (χ1v) is 21.8. The first-order valence-electron chi connectivity index (χ1n) is 21.8. The van der Waals surface area contributed by atoms with Crippen LogP contribution in [0.4, 0.5) is 4.79 Å². The molecular weight excluding hydrogens is 751 g/mol. The smallest absolute Gasteiger partial charge is 0.408 e. The lowest BCUT2D eigenvalue weighted by atomic mass is 9.80. The Morgan fingerprint density at radius 3 is 2.14 bits per heavy atom. The summed E-state index contributed by atoms with van der Waals surface area (Å²) in [5.74, 6) is -1.47. The van der Waals surface area contributed by atoms with Crippen LogP contribution in [0.15, 0.2) is 42.5 Å². The minimum Gasteiger partial charge on any atom is -0.462 e. The largest absolute Gasteiger partial charge is 0.462 e. The number of hydroxylamine groups is 2. The van der Waals surface area contributed by atoms with Gasteiger partial charge in [-0.05, 0) is 112 Å². The highest BCUT2D eigenvalue weighted by Crippen LogP contribution is 2.38. The van der Waals surface area contributed by atoms with Crippen LogP contribution in [0.25, 0.3) is 0 Å². The van der Waals surface area contributed by atoms with E-state index >= 15 is 0 Å². The van der Waals surface area contributed by atoms with E-state index in [4.69, 9.17) is 9.47 Å². The van der Waals surface area contributed by atoms with E-state index in [0.717, 1.165) is 5.56 Å². The van der Waals surface area contributed by atoms with Crippen molar-refractivity contribution in [3.63, 3.8) is 0 Å². The maximum absolute atomic E-state index is 14.4. The fourth-order valence-corrected chi connectivity index (χ4v) is 8.27. The maximum atomic E-state index is 14.4. The SMILES string of the molecule is CC(C)C[C@@H](/C=C/[C@H](Cc1ccccc1)C(=O)N1CCC[C@H]1C(=O)N[C@@H](CCCCCC(=O)OC1CC(C)(C)N(O)C(C)(C)C1)C(=O)NC(C)C)NC(=O)OC(C)(C)C. The van der Waals surface area contributed by atoms with E-state index in [9.17, 15) is 29.2 Å². The number of hydrogen-bond acceptors (Lipinski definition) is 9. The quantitative estimate of drug-likeness (QED) is 0.0639.